The molecular weight excluding hydrogens is 290 g/mol. The van der Waals surface area contributed by atoms with Gasteiger partial charge in [0.1, 0.15) is 0 Å². The van der Waals surface area contributed by atoms with Crippen LogP contribution in [0.1, 0.15) is 10.4 Å². The third-order valence-electron chi connectivity index (χ3n) is 3.47. The standard InChI is InChI=1S/C14H21N3O3S/c1-16-7-9-17(10-8-16)11-14(18)12-3-5-13(6-4-12)15-21(2,19)20/h3-6,15H,7-11H2,1-2H3. The van der Waals surface area contributed by atoms with Gasteiger partial charge in [0.15, 0.2) is 5.78 Å². The lowest BCUT2D eigenvalue weighted by molar-refractivity contribution is 0.0876. The van der Waals surface area contributed by atoms with Crippen LogP contribution >= 0.6 is 0 Å². The lowest BCUT2D eigenvalue weighted by Gasteiger charge is -2.31. The maximum absolute atomic E-state index is 12.2. The fourth-order valence-electron chi connectivity index (χ4n) is 2.24. The van der Waals surface area contributed by atoms with E-state index in [9.17, 15) is 13.2 Å². The minimum Gasteiger partial charge on any atom is -0.304 e. The van der Waals surface area contributed by atoms with Gasteiger partial charge in [-0.15, -0.1) is 0 Å². The quantitative estimate of drug-likeness (QED) is 0.802. The van der Waals surface area contributed by atoms with Gasteiger partial charge in [-0.3, -0.25) is 14.4 Å². The van der Waals surface area contributed by atoms with E-state index in [-0.39, 0.29) is 5.78 Å². The van der Waals surface area contributed by atoms with Gasteiger partial charge < -0.3 is 4.90 Å². The Balaban J connectivity index is 1.94. The Kier molecular flexibility index (Phi) is 4.97. The van der Waals surface area contributed by atoms with E-state index in [2.05, 4.69) is 21.6 Å². The number of piperazine rings is 1. The molecule has 1 fully saturated rings. The van der Waals surface area contributed by atoms with Crippen LogP contribution in [0.2, 0.25) is 0 Å². The number of hydrogen-bond acceptors (Lipinski definition) is 5. The smallest absolute Gasteiger partial charge is 0.229 e. The number of nitrogens with one attached hydrogen (secondary N) is 1. The molecule has 6 nitrogen and oxygen atoms in total. The molecule has 1 heterocycles. The molecule has 0 spiro atoms. The van der Waals surface area contributed by atoms with E-state index in [0.717, 1.165) is 32.4 Å². The van der Waals surface area contributed by atoms with Crippen molar-refractivity contribution < 1.29 is 13.2 Å². The van der Waals surface area contributed by atoms with Crippen molar-refractivity contribution in [1.82, 2.24) is 9.80 Å². The van der Waals surface area contributed by atoms with Crippen molar-refractivity contribution in [3.8, 4) is 0 Å². The second kappa shape index (κ2) is 6.55. The van der Waals surface area contributed by atoms with Crippen molar-refractivity contribution in [3.63, 3.8) is 0 Å². The number of sulfonamides is 1. The lowest BCUT2D eigenvalue weighted by Crippen LogP contribution is -2.46. The van der Waals surface area contributed by atoms with Gasteiger partial charge in [0.2, 0.25) is 10.0 Å². The number of benzene rings is 1. The molecule has 0 unspecified atom stereocenters. The van der Waals surface area contributed by atoms with Gasteiger partial charge in [0.25, 0.3) is 0 Å². The fraction of sp³-hybridized carbons (Fsp3) is 0.500. The highest BCUT2D eigenvalue weighted by Gasteiger charge is 2.17. The molecule has 0 amide bonds. The number of anilines is 1. The molecule has 0 bridgehead atoms. The monoisotopic (exact) mass is 311 g/mol. The Morgan fingerprint density at radius 3 is 2.24 bits per heavy atom. The number of likely N-dealkylation sites (N-methyl/N-ethyl adjacent to an activating group) is 1. The van der Waals surface area contributed by atoms with Crippen LogP contribution in [-0.4, -0.2) is 70.0 Å². The predicted molar refractivity (Wildman–Crippen MR) is 83.2 cm³/mol. The maximum Gasteiger partial charge on any atom is 0.229 e. The highest BCUT2D eigenvalue weighted by atomic mass is 32.2. The van der Waals surface area contributed by atoms with Crippen LogP contribution < -0.4 is 4.72 Å². The third-order valence-corrected chi connectivity index (χ3v) is 4.08. The Morgan fingerprint density at radius 2 is 1.71 bits per heavy atom. The van der Waals surface area contributed by atoms with E-state index in [0.29, 0.717) is 17.8 Å². The first-order valence-corrected chi connectivity index (χ1v) is 8.74. The van der Waals surface area contributed by atoms with Crippen LogP contribution in [0.25, 0.3) is 0 Å². The summed E-state index contributed by atoms with van der Waals surface area (Å²) >= 11 is 0. The van der Waals surface area contributed by atoms with Crippen LogP contribution in [0, 0.1) is 0 Å². The largest absolute Gasteiger partial charge is 0.304 e. The summed E-state index contributed by atoms with van der Waals surface area (Å²) in [5, 5.41) is 0. The first-order valence-electron chi connectivity index (χ1n) is 6.85. The van der Waals surface area contributed by atoms with Crippen LogP contribution in [-0.2, 0) is 10.0 Å². The molecule has 0 atom stereocenters. The van der Waals surface area contributed by atoms with Crippen LogP contribution in [0.4, 0.5) is 5.69 Å². The summed E-state index contributed by atoms with van der Waals surface area (Å²) in [5.74, 6) is 0.0606. The Morgan fingerprint density at radius 1 is 1.14 bits per heavy atom. The van der Waals surface area contributed by atoms with Crippen molar-refractivity contribution >= 4 is 21.5 Å². The summed E-state index contributed by atoms with van der Waals surface area (Å²) in [6, 6.07) is 6.54. The number of ketones is 1. The zero-order chi connectivity index (χ0) is 15.5. The van der Waals surface area contributed by atoms with Gasteiger partial charge in [-0.25, -0.2) is 8.42 Å². The molecule has 7 heteroatoms. The molecule has 1 aliphatic heterocycles. The predicted octanol–water partition coefficient (Wildman–Crippen LogP) is 0.488. The summed E-state index contributed by atoms with van der Waals surface area (Å²) in [5.41, 5.74) is 1.07. The molecule has 1 N–H and O–H groups in total. The molecule has 0 aromatic heterocycles. The summed E-state index contributed by atoms with van der Waals surface area (Å²) in [4.78, 5) is 16.6. The fourth-order valence-corrected chi connectivity index (χ4v) is 2.80. The topological polar surface area (TPSA) is 69.7 Å². The van der Waals surface area contributed by atoms with Crippen LogP contribution in [0.5, 0.6) is 0 Å². The zero-order valence-corrected chi connectivity index (χ0v) is 13.2. The first-order chi connectivity index (χ1) is 9.83. The molecule has 2 rings (SSSR count). The van der Waals surface area contributed by atoms with Gasteiger partial charge in [0, 0.05) is 37.4 Å². The van der Waals surface area contributed by atoms with Crippen LogP contribution in [0.15, 0.2) is 24.3 Å². The average molecular weight is 311 g/mol. The second-order valence-electron chi connectivity index (χ2n) is 5.45. The van der Waals surface area contributed by atoms with Crippen molar-refractivity contribution in [2.24, 2.45) is 0 Å². The molecule has 116 valence electrons. The van der Waals surface area contributed by atoms with Crippen molar-refractivity contribution in [3.05, 3.63) is 29.8 Å². The number of carbonyl (C=O) groups excluding carboxylic acids is 1. The van der Waals surface area contributed by atoms with E-state index in [4.69, 9.17) is 0 Å². The molecule has 1 saturated heterocycles. The van der Waals surface area contributed by atoms with Gasteiger partial charge in [-0.1, -0.05) is 0 Å². The van der Waals surface area contributed by atoms with Crippen molar-refractivity contribution in [1.29, 1.82) is 0 Å². The van der Waals surface area contributed by atoms with Gasteiger partial charge in [-0.05, 0) is 31.3 Å². The second-order valence-corrected chi connectivity index (χ2v) is 7.20. The lowest BCUT2D eigenvalue weighted by atomic mass is 10.1. The van der Waals surface area contributed by atoms with Gasteiger partial charge >= 0.3 is 0 Å². The maximum atomic E-state index is 12.2. The minimum atomic E-state index is -3.29. The highest BCUT2D eigenvalue weighted by Crippen LogP contribution is 2.12. The molecule has 0 aliphatic carbocycles. The average Bonchev–Trinajstić information content (AvgIpc) is 2.40. The molecule has 1 aromatic carbocycles. The Hall–Kier alpha value is -1.44. The first kappa shape index (κ1) is 15.9. The Bertz CT molecular complexity index is 590. The molecule has 1 aliphatic rings. The summed E-state index contributed by atoms with van der Waals surface area (Å²) in [6.07, 6.45) is 1.10. The number of nitrogens with zero attached hydrogens (tertiary/aromatic N) is 2. The van der Waals surface area contributed by atoms with Gasteiger partial charge in [0.05, 0.1) is 12.8 Å². The van der Waals surface area contributed by atoms with Crippen molar-refractivity contribution in [2.75, 3.05) is 50.7 Å². The molecule has 1 aromatic rings. The van der Waals surface area contributed by atoms with E-state index >= 15 is 0 Å². The molecular formula is C14H21N3O3S. The normalized spacial score (nSPS) is 17.6. The van der Waals surface area contributed by atoms with Crippen LogP contribution in [0.3, 0.4) is 0 Å². The number of carbonyl (C=O) groups is 1. The SMILES string of the molecule is CN1CCN(CC(=O)c2ccc(NS(C)(=O)=O)cc2)CC1. The summed E-state index contributed by atoms with van der Waals surface area (Å²) in [6.45, 7) is 4.16. The molecule has 21 heavy (non-hydrogen) atoms. The molecule has 0 radical (unpaired) electrons. The van der Waals surface area contributed by atoms with E-state index in [1.165, 1.54) is 0 Å². The summed E-state index contributed by atoms with van der Waals surface area (Å²) in [7, 11) is -1.21. The van der Waals surface area contributed by atoms with Gasteiger partial charge in [-0.2, -0.15) is 0 Å². The number of rotatable bonds is 5. The van der Waals surface area contributed by atoms with E-state index in [1.807, 2.05) is 0 Å². The third kappa shape index (κ3) is 5.11. The number of Topliss-reactive ketones (excluding diaryl/α,β-unsaturated/α-hetero) is 1. The van der Waals surface area contributed by atoms with E-state index in [1.54, 1.807) is 24.3 Å². The molecule has 0 saturated carbocycles. The zero-order valence-electron chi connectivity index (χ0n) is 12.4. The minimum absolute atomic E-state index is 0.0606. The number of hydrogen-bond donors (Lipinski definition) is 1. The van der Waals surface area contributed by atoms with E-state index < -0.39 is 10.0 Å². The van der Waals surface area contributed by atoms with Crippen molar-refractivity contribution in [2.45, 2.75) is 0 Å². The highest BCUT2D eigenvalue weighted by molar-refractivity contribution is 7.92. The Labute approximate surface area is 125 Å². The summed E-state index contributed by atoms with van der Waals surface area (Å²) < 4.78 is 24.6.